The maximum atomic E-state index is 13.7. The van der Waals surface area contributed by atoms with Crippen molar-refractivity contribution in [3.63, 3.8) is 0 Å². The highest BCUT2D eigenvalue weighted by Crippen LogP contribution is 2.29. The van der Waals surface area contributed by atoms with Crippen molar-refractivity contribution in [3.05, 3.63) is 29.1 Å². The lowest BCUT2D eigenvalue weighted by molar-refractivity contribution is -0.0172. The molecule has 0 unspecified atom stereocenters. The van der Waals surface area contributed by atoms with E-state index in [-0.39, 0.29) is 12.6 Å². The first kappa shape index (κ1) is 18.5. The topological polar surface area (TPSA) is 54.9 Å². The molecule has 1 aliphatic heterocycles. The third kappa shape index (κ3) is 5.67. The second kappa shape index (κ2) is 9.47. The standard InChI is InChI=1S/C18H28FN3O2/c1-13(2)5-4-7-21-18(20-3)22-8-6-14-9-16(19)10-15-11-23-12-24-17(14)15/h9-10,13H,4-8,11-12H2,1-3H3,(H2,20,21,22). The van der Waals surface area contributed by atoms with Crippen LogP contribution >= 0.6 is 0 Å². The van der Waals surface area contributed by atoms with Gasteiger partial charge in [-0.25, -0.2) is 4.39 Å². The Labute approximate surface area is 143 Å². The minimum Gasteiger partial charge on any atom is -0.467 e. The largest absolute Gasteiger partial charge is 0.467 e. The normalized spacial score (nSPS) is 14.3. The van der Waals surface area contributed by atoms with Crippen LogP contribution in [0.3, 0.4) is 0 Å². The molecule has 1 heterocycles. The Hall–Kier alpha value is -1.82. The second-order valence-corrected chi connectivity index (χ2v) is 6.38. The van der Waals surface area contributed by atoms with Crippen LogP contribution in [-0.2, 0) is 17.8 Å². The molecule has 0 atom stereocenters. The molecular formula is C18H28FN3O2. The molecule has 5 nitrogen and oxygen atoms in total. The minimum absolute atomic E-state index is 0.220. The molecule has 134 valence electrons. The quantitative estimate of drug-likeness (QED) is 0.456. The third-order valence-electron chi connectivity index (χ3n) is 3.91. The number of halogens is 1. The molecule has 24 heavy (non-hydrogen) atoms. The molecule has 1 aromatic carbocycles. The number of nitrogens with zero attached hydrogens (tertiary/aromatic N) is 1. The van der Waals surface area contributed by atoms with E-state index in [9.17, 15) is 4.39 Å². The highest BCUT2D eigenvalue weighted by Gasteiger charge is 2.16. The van der Waals surface area contributed by atoms with E-state index >= 15 is 0 Å². The first-order valence-corrected chi connectivity index (χ1v) is 8.56. The van der Waals surface area contributed by atoms with E-state index in [4.69, 9.17) is 9.47 Å². The summed E-state index contributed by atoms with van der Waals surface area (Å²) >= 11 is 0. The van der Waals surface area contributed by atoms with E-state index in [1.54, 1.807) is 7.05 Å². The molecule has 1 aromatic rings. The Bertz CT molecular complexity index is 561. The summed E-state index contributed by atoms with van der Waals surface area (Å²) < 4.78 is 24.4. The van der Waals surface area contributed by atoms with Gasteiger partial charge in [0.2, 0.25) is 0 Å². The van der Waals surface area contributed by atoms with Crippen molar-refractivity contribution in [2.24, 2.45) is 10.9 Å². The molecular weight excluding hydrogens is 309 g/mol. The van der Waals surface area contributed by atoms with Crippen molar-refractivity contribution >= 4 is 5.96 Å². The van der Waals surface area contributed by atoms with E-state index in [0.717, 1.165) is 35.8 Å². The highest BCUT2D eigenvalue weighted by atomic mass is 19.1. The van der Waals surface area contributed by atoms with Crippen LogP contribution in [0.2, 0.25) is 0 Å². The zero-order valence-electron chi connectivity index (χ0n) is 14.8. The van der Waals surface area contributed by atoms with Crippen LogP contribution in [0, 0.1) is 11.7 Å². The van der Waals surface area contributed by atoms with Gasteiger partial charge in [-0.1, -0.05) is 13.8 Å². The lowest BCUT2D eigenvalue weighted by Gasteiger charge is -2.21. The number of guanidine groups is 1. The number of hydrogen-bond acceptors (Lipinski definition) is 3. The molecule has 0 spiro atoms. The van der Waals surface area contributed by atoms with Gasteiger partial charge in [0.15, 0.2) is 12.8 Å². The Morgan fingerprint density at radius 3 is 2.83 bits per heavy atom. The SMILES string of the molecule is CN=C(NCCCC(C)C)NCCc1cc(F)cc2c1OCOC2. The maximum absolute atomic E-state index is 13.7. The fraction of sp³-hybridized carbons (Fsp3) is 0.611. The van der Waals surface area contributed by atoms with Crippen molar-refractivity contribution in [3.8, 4) is 5.75 Å². The molecule has 0 saturated carbocycles. The minimum atomic E-state index is -0.256. The summed E-state index contributed by atoms with van der Waals surface area (Å²) in [6, 6.07) is 3.01. The fourth-order valence-electron chi connectivity index (χ4n) is 2.70. The summed E-state index contributed by atoms with van der Waals surface area (Å²) in [5, 5.41) is 6.56. The van der Waals surface area contributed by atoms with Gasteiger partial charge >= 0.3 is 0 Å². The number of aliphatic imine (C=N–C) groups is 1. The van der Waals surface area contributed by atoms with Gasteiger partial charge in [0.1, 0.15) is 11.6 Å². The van der Waals surface area contributed by atoms with Gasteiger partial charge < -0.3 is 20.1 Å². The molecule has 0 amide bonds. The van der Waals surface area contributed by atoms with Crippen LogP contribution < -0.4 is 15.4 Å². The molecule has 6 heteroatoms. The fourth-order valence-corrected chi connectivity index (χ4v) is 2.70. The van der Waals surface area contributed by atoms with Gasteiger partial charge in [-0.05, 0) is 42.9 Å². The van der Waals surface area contributed by atoms with E-state index in [1.807, 2.05) is 0 Å². The monoisotopic (exact) mass is 337 g/mol. The average Bonchev–Trinajstić information content (AvgIpc) is 2.56. The van der Waals surface area contributed by atoms with Gasteiger partial charge in [0, 0.05) is 25.7 Å². The summed E-state index contributed by atoms with van der Waals surface area (Å²) in [5.74, 6) is 1.98. The zero-order valence-corrected chi connectivity index (χ0v) is 14.8. The number of ether oxygens (including phenoxy) is 2. The van der Waals surface area contributed by atoms with Crippen LogP contribution in [0.4, 0.5) is 4.39 Å². The van der Waals surface area contributed by atoms with E-state index < -0.39 is 0 Å². The van der Waals surface area contributed by atoms with Gasteiger partial charge in [0.25, 0.3) is 0 Å². The van der Waals surface area contributed by atoms with E-state index in [0.29, 0.717) is 25.5 Å². The Morgan fingerprint density at radius 1 is 1.29 bits per heavy atom. The van der Waals surface area contributed by atoms with Crippen LogP contribution in [0.1, 0.15) is 37.8 Å². The lowest BCUT2D eigenvalue weighted by Crippen LogP contribution is -2.38. The predicted octanol–water partition coefficient (Wildman–Crippen LogP) is 2.84. The summed E-state index contributed by atoms with van der Waals surface area (Å²) in [4.78, 5) is 4.21. The Balaban J connectivity index is 1.81. The van der Waals surface area contributed by atoms with Gasteiger partial charge in [-0.2, -0.15) is 0 Å². The van der Waals surface area contributed by atoms with Crippen LogP contribution in [-0.4, -0.2) is 32.9 Å². The smallest absolute Gasteiger partial charge is 0.190 e. The summed E-state index contributed by atoms with van der Waals surface area (Å²) in [5.41, 5.74) is 1.63. The molecule has 0 bridgehead atoms. The molecule has 2 N–H and O–H groups in total. The molecule has 0 saturated heterocycles. The number of fused-ring (bicyclic) bond motifs is 1. The van der Waals surface area contributed by atoms with Crippen LogP contribution in [0.25, 0.3) is 0 Å². The summed E-state index contributed by atoms with van der Waals surface area (Å²) in [7, 11) is 1.75. The van der Waals surface area contributed by atoms with E-state index in [2.05, 4.69) is 29.5 Å². The summed E-state index contributed by atoms with van der Waals surface area (Å²) in [6.45, 7) is 6.61. The van der Waals surface area contributed by atoms with Crippen molar-refractivity contribution in [1.82, 2.24) is 10.6 Å². The van der Waals surface area contributed by atoms with Gasteiger partial charge in [0.05, 0.1) is 6.61 Å². The van der Waals surface area contributed by atoms with Crippen LogP contribution in [0.15, 0.2) is 17.1 Å². The van der Waals surface area contributed by atoms with E-state index in [1.165, 1.54) is 18.6 Å². The molecule has 2 rings (SSSR count). The molecule has 1 aliphatic rings. The number of benzene rings is 1. The molecule has 0 aromatic heterocycles. The number of nitrogens with one attached hydrogen (secondary N) is 2. The van der Waals surface area contributed by atoms with Gasteiger partial charge in [-0.3, -0.25) is 4.99 Å². The first-order valence-electron chi connectivity index (χ1n) is 8.56. The Kier molecular flexibility index (Phi) is 7.31. The van der Waals surface area contributed by atoms with Crippen molar-refractivity contribution in [2.75, 3.05) is 26.9 Å². The third-order valence-corrected chi connectivity index (χ3v) is 3.91. The lowest BCUT2D eigenvalue weighted by atomic mass is 10.1. The van der Waals surface area contributed by atoms with Crippen molar-refractivity contribution in [1.29, 1.82) is 0 Å². The second-order valence-electron chi connectivity index (χ2n) is 6.38. The highest BCUT2D eigenvalue weighted by molar-refractivity contribution is 5.79. The van der Waals surface area contributed by atoms with Crippen molar-refractivity contribution in [2.45, 2.75) is 39.7 Å². The first-order chi connectivity index (χ1) is 11.6. The summed E-state index contributed by atoms with van der Waals surface area (Å²) in [6.07, 6.45) is 2.97. The van der Waals surface area contributed by atoms with Gasteiger partial charge in [-0.15, -0.1) is 0 Å². The van der Waals surface area contributed by atoms with Crippen LogP contribution in [0.5, 0.6) is 5.75 Å². The average molecular weight is 337 g/mol. The zero-order chi connectivity index (χ0) is 17.4. The number of hydrogen-bond donors (Lipinski definition) is 2. The molecule has 0 fully saturated rings. The predicted molar refractivity (Wildman–Crippen MR) is 93.8 cm³/mol. The molecule has 0 radical (unpaired) electrons. The Morgan fingerprint density at radius 2 is 2.08 bits per heavy atom. The molecule has 0 aliphatic carbocycles. The maximum Gasteiger partial charge on any atom is 0.190 e. The van der Waals surface area contributed by atoms with Crippen molar-refractivity contribution < 1.29 is 13.9 Å². The number of rotatable bonds is 7.